The van der Waals surface area contributed by atoms with Crippen LogP contribution in [0.5, 0.6) is 0 Å². The molecule has 0 fully saturated rings. The van der Waals surface area contributed by atoms with Crippen molar-refractivity contribution in [3.05, 3.63) is 68.8 Å². The van der Waals surface area contributed by atoms with Crippen molar-refractivity contribution in [1.82, 2.24) is 26.0 Å². The summed E-state index contributed by atoms with van der Waals surface area (Å²) in [6.07, 6.45) is 1.59. The van der Waals surface area contributed by atoms with Gasteiger partial charge in [0.25, 0.3) is 17.4 Å². The maximum atomic E-state index is 12.2. The third-order valence-corrected chi connectivity index (χ3v) is 3.60. The van der Waals surface area contributed by atoms with Crippen molar-refractivity contribution < 1.29 is 9.59 Å². The average Bonchev–Trinajstić information content (AvgIpc) is 2.60. The van der Waals surface area contributed by atoms with Gasteiger partial charge in [-0.05, 0) is 18.2 Å². The van der Waals surface area contributed by atoms with E-state index in [1.807, 2.05) is 0 Å². The molecule has 0 unspecified atom stereocenters. The number of nitrogens with zero attached hydrogens (tertiary/aromatic N) is 1. The Hall–Kier alpha value is -3.33. The Labute approximate surface area is 139 Å². The second kappa shape index (κ2) is 6.42. The van der Waals surface area contributed by atoms with Gasteiger partial charge < -0.3 is 4.98 Å². The molecule has 8 nitrogen and oxygen atoms in total. The molecule has 3 rings (SSSR count). The van der Waals surface area contributed by atoms with Crippen molar-refractivity contribution in [2.45, 2.75) is 0 Å². The van der Waals surface area contributed by atoms with Crippen LogP contribution in [0.3, 0.4) is 0 Å². The van der Waals surface area contributed by atoms with Crippen LogP contribution in [-0.2, 0) is 0 Å². The molecule has 0 radical (unpaired) electrons. The number of hydrazine groups is 1. The van der Waals surface area contributed by atoms with E-state index >= 15 is 0 Å². The molecule has 0 saturated heterocycles. The summed E-state index contributed by atoms with van der Waals surface area (Å²) >= 11 is 5.00. The van der Waals surface area contributed by atoms with Crippen LogP contribution in [0.2, 0.25) is 0 Å². The average molecular weight is 341 g/mol. The van der Waals surface area contributed by atoms with E-state index in [4.69, 9.17) is 12.2 Å². The molecule has 4 N–H and O–H groups in total. The summed E-state index contributed by atoms with van der Waals surface area (Å²) in [5.41, 5.74) is 4.32. The number of H-pyrrole nitrogens is 2. The predicted molar refractivity (Wildman–Crippen MR) is 88.9 cm³/mol. The minimum Gasteiger partial charge on any atom is -0.352 e. The minimum atomic E-state index is -0.665. The van der Waals surface area contributed by atoms with Crippen LogP contribution in [-0.4, -0.2) is 27.0 Å². The lowest BCUT2D eigenvalue weighted by Crippen LogP contribution is -2.42. The van der Waals surface area contributed by atoms with Crippen molar-refractivity contribution in [3.8, 4) is 0 Å². The SMILES string of the molecule is O=C(NNC(=O)c1n[nH]c(=O)c2ccccc12)c1ccc[nH]c1=S. The first-order chi connectivity index (χ1) is 11.6. The first-order valence-corrected chi connectivity index (χ1v) is 7.24. The normalized spacial score (nSPS) is 10.3. The number of hydrogen-bond acceptors (Lipinski definition) is 5. The molecule has 0 saturated carbocycles. The van der Waals surface area contributed by atoms with Gasteiger partial charge in [0.05, 0.1) is 10.9 Å². The van der Waals surface area contributed by atoms with Gasteiger partial charge in [-0.3, -0.25) is 25.2 Å². The quantitative estimate of drug-likeness (QED) is 0.410. The van der Waals surface area contributed by atoms with Crippen molar-refractivity contribution in [3.63, 3.8) is 0 Å². The highest BCUT2D eigenvalue weighted by atomic mass is 32.1. The Balaban J connectivity index is 1.83. The van der Waals surface area contributed by atoms with E-state index in [-0.39, 0.29) is 15.9 Å². The van der Waals surface area contributed by atoms with Gasteiger partial charge in [0.1, 0.15) is 4.64 Å². The van der Waals surface area contributed by atoms with Crippen LogP contribution >= 0.6 is 12.2 Å². The smallest absolute Gasteiger partial charge is 0.290 e. The van der Waals surface area contributed by atoms with E-state index in [1.54, 1.807) is 36.5 Å². The lowest BCUT2D eigenvalue weighted by molar-refractivity contribution is 0.0844. The molecule has 0 spiro atoms. The van der Waals surface area contributed by atoms with Crippen molar-refractivity contribution in [2.24, 2.45) is 0 Å². The molecule has 0 bridgehead atoms. The molecule has 24 heavy (non-hydrogen) atoms. The van der Waals surface area contributed by atoms with Gasteiger partial charge >= 0.3 is 0 Å². The highest BCUT2D eigenvalue weighted by molar-refractivity contribution is 7.71. The highest BCUT2D eigenvalue weighted by Gasteiger charge is 2.15. The van der Waals surface area contributed by atoms with Crippen molar-refractivity contribution in [1.29, 1.82) is 0 Å². The summed E-state index contributed by atoms with van der Waals surface area (Å²) in [6.45, 7) is 0. The summed E-state index contributed by atoms with van der Waals surface area (Å²) in [7, 11) is 0. The van der Waals surface area contributed by atoms with Gasteiger partial charge in [-0.2, -0.15) is 5.10 Å². The lowest BCUT2D eigenvalue weighted by Gasteiger charge is -2.08. The van der Waals surface area contributed by atoms with E-state index in [0.29, 0.717) is 10.8 Å². The van der Waals surface area contributed by atoms with Crippen LogP contribution in [0.1, 0.15) is 20.8 Å². The number of fused-ring (bicyclic) bond motifs is 1. The summed E-state index contributed by atoms with van der Waals surface area (Å²) in [6, 6.07) is 9.67. The second-order valence-electron chi connectivity index (χ2n) is 4.77. The molecular weight excluding hydrogens is 330 g/mol. The minimum absolute atomic E-state index is 0.0104. The monoisotopic (exact) mass is 341 g/mol. The zero-order valence-electron chi connectivity index (χ0n) is 12.1. The molecule has 9 heteroatoms. The molecule has 1 aromatic carbocycles. The molecule has 0 aliphatic rings. The molecule has 0 aliphatic heterocycles. The predicted octanol–water partition coefficient (Wildman–Crippen LogP) is 1.06. The van der Waals surface area contributed by atoms with Crippen LogP contribution < -0.4 is 16.4 Å². The first-order valence-electron chi connectivity index (χ1n) is 6.84. The van der Waals surface area contributed by atoms with E-state index < -0.39 is 17.4 Å². The maximum absolute atomic E-state index is 12.2. The number of aromatic amines is 2. The van der Waals surface area contributed by atoms with Gasteiger partial charge in [0.15, 0.2) is 5.69 Å². The second-order valence-corrected chi connectivity index (χ2v) is 5.18. The lowest BCUT2D eigenvalue weighted by atomic mass is 10.1. The van der Waals surface area contributed by atoms with Gasteiger partial charge in [0, 0.05) is 11.6 Å². The summed E-state index contributed by atoms with van der Waals surface area (Å²) in [4.78, 5) is 38.7. The van der Waals surface area contributed by atoms with Crippen LogP contribution in [0.4, 0.5) is 0 Å². The zero-order valence-corrected chi connectivity index (χ0v) is 12.9. The van der Waals surface area contributed by atoms with E-state index in [9.17, 15) is 14.4 Å². The fourth-order valence-electron chi connectivity index (χ4n) is 2.13. The Morgan fingerprint density at radius 3 is 2.46 bits per heavy atom. The number of carbonyl (C=O) groups excluding carboxylic acids is 2. The number of hydrogen-bond donors (Lipinski definition) is 4. The fourth-order valence-corrected chi connectivity index (χ4v) is 2.36. The number of rotatable bonds is 2. The van der Waals surface area contributed by atoms with Gasteiger partial charge in [0.2, 0.25) is 0 Å². The number of aromatic nitrogens is 3. The number of amides is 2. The van der Waals surface area contributed by atoms with Gasteiger partial charge in [-0.15, -0.1) is 0 Å². The molecule has 0 aliphatic carbocycles. The fraction of sp³-hybridized carbons (Fsp3) is 0. The van der Waals surface area contributed by atoms with Crippen molar-refractivity contribution >= 4 is 34.8 Å². The number of nitrogens with one attached hydrogen (secondary N) is 4. The third-order valence-electron chi connectivity index (χ3n) is 3.26. The number of benzene rings is 1. The Kier molecular flexibility index (Phi) is 4.17. The molecule has 3 aromatic rings. The molecule has 120 valence electrons. The largest absolute Gasteiger partial charge is 0.352 e. The number of carbonyl (C=O) groups is 2. The Bertz CT molecular complexity index is 1060. The number of pyridine rings is 1. The highest BCUT2D eigenvalue weighted by Crippen LogP contribution is 2.11. The first kappa shape index (κ1) is 15.6. The van der Waals surface area contributed by atoms with Crippen LogP contribution in [0.15, 0.2) is 47.4 Å². The van der Waals surface area contributed by atoms with Crippen LogP contribution in [0.25, 0.3) is 10.8 Å². The summed E-state index contributed by atoms with van der Waals surface area (Å²) in [5, 5.41) is 6.71. The zero-order chi connectivity index (χ0) is 17.1. The maximum Gasteiger partial charge on any atom is 0.290 e. The molecule has 2 amide bonds. The van der Waals surface area contributed by atoms with E-state index in [2.05, 4.69) is 26.0 Å². The van der Waals surface area contributed by atoms with Crippen LogP contribution in [0, 0.1) is 4.64 Å². The van der Waals surface area contributed by atoms with Gasteiger partial charge in [-0.1, -0.05) is 30.4 Å². The van der Waals surface area contributed by atoms with E-state index in [0.717, 1.165) is 0 Å². The Morgan fingerprint density at radius 2 is 1.71 bits per heavy atom. The standard InChI is InChI=1S/C15H11N5O3S/c21-12-9-5-2-1-4-8(9)11(17-18-12)14(23)20-19-13(22)10-6-3-7-16-15(10)24/h1-7H,(H,16,24)(H,18,21)(H,19,22)(H,20,23). The van der Waals surface area contributed by atoms with E-state index in [1.165, 1.54) is 6.07 Å². The molecule has 2 heterocycles. The van der Waals surface area contributed by atoms with Gasteiger partial charge in [-0.25, -0.2) is 5.10 Å². The molecule has 0 atom stereocenters. The topological polar surface area (TPSA) is 120 Å². The third kappa shape index (κ3) is 2.92. The molecule has 2 aromatic heterocycles. The summed E-state index contributed by atoms with van der Waals surface area (Å²) < 4.78 is 0.247. The summed E-state index contributed by atoms with van der Waals surface area (Å²) in [5.74, 6) is -1.24. The molecular formula is C15H11N5O3S. The Morgan fingerprint density at radius 1 is 1.00 bits per heavy atom. The van der Waals surface area contributed by atoms with Crippen molar-refractivity contribution in [2.75, 3.05) is 0 Å².